The fourth-order valence-electron chi connectivity index (χ4n) is 5.04. The van der Waals surface area contributed by atoms with Crippen LogP contribution in [0.25, 0.3) is 11.0 Å². The van der Waals surface area contributed by atoms with E-state index in [0.29, 0.717) is 11.1 Å². The molecule has 0 spiro atoms. The number of nitrogens with zero attached hydrogens (tertiary/aromatic N) is 4. The van der Waals surface area contributed by atoms with E-state index in [9.17, 15) is 38.4 Å². The van der Waals surface area contributed by atoms with Crippen molar-refractivity contribution in [3.8, 4) is 0 Å². The van der Waals surface area contributed by atoms with Crippen molar-refractivity contribution in [2.45, 2.75) is 68.5 Å². The maximum absolute atomic E-state index is 13.0. The maximum Gasteiger partial charge on any atom is 0.369 e. The van der Waals surface area contributed by atoms with Gasteiger partial charge in [0, 0.05) is 26.3 Å². The van der Waals surface area contributed by atoms with Crippen molar-refractivity contribution in [2.24, 2.45) is 4.36 Å². The standard InChI is InChI=1S/C23H34ClN6O11PS/c1-12(31)28-43(3,38)29-22(34)23(11-39-2,42(35,36)37)40-10-16-18(32)19(33)21(41-16)30-20-14(9-25-30)15(8-17(24)27-20)26-13-6-4-5-7-13/h8-9,13,16,18-19,21,32-33H,4-7,10-11H2,1-3H3,(H,26,27)(H2,35,36,37)(H,28,29,31,34,38)/t16-,18-,19-,21-,23?,43?/m1/s1. The molecule has 6 N–H and O–H groups in total. The summed E-state index contributed by atoms with van der Waals surface area (Å²) in [5.74, 6) is -2.50. The third-order valence-electron chi connectivity index (χ3n) is 7.05. The summed E-state index contributed by atoms with van der Waals surface area (Å²) >= 11 is 6.28. The molecule has 20 heteroatoms. The van der Waals surface area contributed by atoms with Crippen LogP contribution in [-0.4, -0.2) is 107 Å². The molecule has 2 unspecified atom stereocenters. The average molecular weight is 669 g/mol. The molecule has 2 aliphatic rings. The molecule has 4 rings (SSSR count). The summed E-state index contributed by atoms with van der Waals surface area (Å²) in [4.78, 5) is 48.9. The summed E-state index contributed by atoms with van der Waals surface area (Å²) in [6.45, 7) is -0.908. The molecule has 2 aromatic heterocycles. The number of halogens is 1. The lowest BCUT2D eigenvalue weighted by atomic mass is 10.1. The van der Waals surface area contributed by atoms with Crippen LogP contribution in [0.2, 0.25) is 5.15 Å². The van der Waals surface area contributed by atoms with E-state index in [4.69, 9.17) is 25.8 Å². The van der Waals surface area contributed by atoms with E-state index in [2.05, 4.69) is 19.8 Å². The molecular formula is C23H34ClN6O11PS. The van der Waals surface area contributed by atoms with Crippen molar-refractivity contribution in [3.63, 3.8) is 0 Å². The zero-order chi connectivity index (χ0) is 31.7. The van der Waals surface area contributed by atoms with Crippen molar-refractivity contribution in [3.05, 3.63) is 17.4 Å². The Balaban J connectivity index is 1.60. The third-order valence-corrected chi connectivity index (χ3v) is 9.81. The Labute approximate surface area is 251 Å². The number of nitrogens with one attached hydrogen (secondary N) is 2. The van der Waals surface area contributed by atoms with Crippen LogP contribution in [0, 0.1) is 0 Å². The molecule has 17 nitrogen and oxygen atoms in total. The van der Waals surface area contributed by atoms with Crippen LogP contribution < -0.4 is 10.0 Å². The first kappa shape index (κ1) is 33.6. The molecule has 1 aliphatic carbocycles. The van der Waals surface area contributed by atoms with E-state index in [1.54, 1.807) is 6.07 Å². The Morgan fingerprint density at radius 2 is 1.98 bits per heavy atom. The van der Waals surface area contributed by atoms with Gasteiger partial charge in [0.2, 0.25) is 5.91 Å². The van der Waals surface area contributed by atoms with Crippen LogP contribution in [0.1, 0.15) is 38.8 Å². The largest absolute Gasteiger partial charge is 0.387 e. The number of carbonyl (C=O) groups is 2. The highest BCUT2D eigenvalue weighted by Gasteiger charge is 2.57. The second-order valence-electron chi connectivity index (χ2n) is 10.4. The van der Waals surface area contributed by atoms with Crippen LogP contribution in [0.15, 0.2) is 16.6 Å². The number of anilines is 1. The molecule has 2 aromatic rings. The van der Waals surface area contributed by atoms with Gasteiger partial charge in [-0.15, -0.1) is 4.36 Å². The number of rotatable bonds is 11. The van der Waals surface area contributed by atoms with Gasteiger partial charge in [-0.05, 0) is 18.9 Å². The van der Waals surface area contributed by atoms with Crippen LogP contribution in [-0.2, 0) is 38.3 Å². The fourth-order valence-corrected chi connectivity index (χ4v) is 7.18. The number of carbonyl (C=O) groups excluding carboxylic acids is 2. The summed E-state index contributed by atoms with van der Waals surface area (Å²) in [6, 6.07) is 1.91. The fraction of sp³-hybridized carbons (Fsp3) is 0.652. The van der Waals surface area contributed by atoms with Gasteiger partial charge in [-0.25, -0.2) is 13.9 Å². The normalized spacial score (nSPS) is 25.8. The van der Waals surface area contributed by atoms with Crippen LogP contribution in [0.3, 0.4) is 0 Å². The molecule has 240 valence electrons. The molecule has 43 heavy (non-hydrogen) atoms. The molecule has 1 saturated heterocycles. The number of aromatic nitrogens is 3. The Kier molecular flexibility index (Phi) is 10.2. The third kappa shape index (κ3) is 7.19. The highest BCUT2D eigenvalue weighted by Crippen LogP contribution is 2.53. The van der Waals surface area contributed by atoms with Crippen molar-refractivity contribution in [2.75, 3.05) is 31.9 Å². The molecule has 2 amide bonds. The van der Waals surface area contributed by atoms with Crippen LogP contribution in [0.4, 0.5) is 5.69 Å². The molecule has 3 heterocycles. The molecule has 1 aliphatic heterocycles. The van der Waals surface area contributed by atoms with Gasteiger partial charge in [0.05, 0.1) is 30.5 Å². The molecular weight excluding hydrogens is 635 g/mol. The predicted octanol–water partition coefficient (Wildman–Crippen LogP) is 0.271. The van der Waals surface area contributed by atoms with E-state index in [1.807, 2.05) is 4.72 Å². The number of aliphatic hydroxyl groups excluding tert-OH is 2. The highest BCUT2D eigenvalue weighted by molar-refractivity contribution is 7.91. The molecule has 2 fully saturated rings. The average Bonchev–Trinajstić information content (AvgIpc) is 3.61. The van der Waals surface area contributed by atoms with Gasteiger partial charge in [-0.2, -0.15) is 5.10 Å². The monoisotopic (exact) mass is 668 g/mol. The van der Waals surface area contributed by atoms with Gasteiger partial charge in [-0.3, -0.25) is 18.9 Å². The summed E-state index contributed by atoms with van der Waals surface area (Å²) in [5, 5.41) is 26.9. The molecule has 0 bridgehead atoms. The number of fused-ring (bicyclic) bond motifs is 1. The van der Waals surface area contributed by atoms with Crippen molar-refractivity contribution < 1.29 is 52.6 Å². The van der Waals surface area contributed by atoms with Gasteiger partial charge < -0.3 is 39.5 Å². The Morgan fingerprint density at radius 3 is 2.58 bits per heavy atom. The van der Waals surface area contributed by atoms with E-state index in [0.717, 1.165) is 46.0 Å². The molecule has 0 aromatic carbocycles. The van der Waals surface area contributed by atoms with Gasteiger partial charge >= 0.3 is 13.5 Å². The maximum atomic E-state index is 13.0. The Bertz CT molecular complexity index is 1540. The zero-order valence-electron chi connectivity index (χ0n) is 23.5. The minimum atomic E-state index is -5.59. The Morgan fingerprint density at radius 1 is 1.30 bits per heavy atom. The zero-order valence-corrected chi connectivity index (χ0v) is 25.9. The molecule has 1 saturated carbocycles. The second kappa shape index (κ2) is 13.0. The van der Waals surface area contributed by atoms with E-state index >= 15 is 0 Å². The minimum Gasteiger partial charge on any atom is -0.387 e. The molecule has 0 radical (unpaired) electrons. The van der Waals surface area contributed by atoms with E-state index in [-0.39, 0.29) is 16.8 Å². The second-order valence-corrected chi connectivity index (χ2v) is 14.6. The first-order valence-corrected chi connectivity index (χ1v) is 17.0. The number of methoxy groups -OCH3 is 1. The SMILES string of the molecule is COCC(OC[C@H]1O[C@@H](n2ncc3c(NC4CCCC4)cc(Cl)nc32)[C@H](O)[C@@H]1O)(C(=O)N=S(C)(=O)NC(C)=O)P(=O)(O)O. The summed E-state index contributed by atoms with van der Waals surface area (Å²) in [7, 11) is -8.35. The smallest absolute Gasteiger partial charge is 0.369 e. The highest BCUT2D eigenvalue weighted by atomic mass is 35.5. The van der Waals surface area contributed by atoms with E-state index in [1.165, 1.54) is 10.9 Å². The van der Waals surface area contributed by atoms with Gasteiger partial charge in [0.25, 0.3) is 5.34 Å². The van der Waals surface area contributed by atoms with Crippen molar-refractivity contribution in [1.82, 2.24) is 19.5 Å². The number of aliphatic hydroxyl groups is 2. The molecule has 6 atom stereocenters. The number of ether oxygens (including phenoxy) is 3. The lowest BCUT2D eigenvalue weighted by Gasteiger charge is -2.31. The van der Waals surface area contributed by atoms with E-state index < -0.39 is 72.4 Å². The Hall–Kier alpha value is -2.25. The van der Waals surface area contributed by atoms with Gasteiger partial charge in [0.1, 0.15) is 33.4 Å². The minimum absolute atomic E-state index is 0.141. The summed E-state index contributed by atoms with van der Waals surface area (Å²) in [6.07, 6.45) is 0.457. The summed E-state index contributed by atoms with van der Waals surface area (Å²) in [5.41, 5.74) is 0.917. The number of amides is 2. The first-order chi connectivity index (χ1) is 20.1. The van der Waals surface area contributed by atoms with Gasteiger partial charge in [0.15, 0.2) is 11.9 Å². The summed E-state index contributed by atoms with van der Waals surface area (Å²) < 4.78 is 47.6. The number of pyridine rings is 1. The first-order valence-electron chi connectivity index (χ1n) is 13.1. The topological polar surface area (TPSA) is 244 Å². The van der Waals surface area contributed by atoms with Crippen LogP contribution in [0.5, 0.6) is 0 Å². The quantitative estimate of drug-likeness (QED) is 0.139. The van der Waals surface area contributed by atoms with Crippen molar-refractivity contribution in [1.29, 1.82) is 0 Å². The lowest BCUT2D eigenvalue weighted by Crippen LogP contribution is -2.48. The van der Waals surface area contributed by atoms with Crippen molar-refractivity contribution >= 4 is 57.6 Å². The number of hydrogen-bond acceptors (Lipinski definition) is 12. The number of hydrogen-bond donors (Lipinski definition) is 6. The van der Waals surface area contributed by atoms with Crippen LogP contribution >= 0.6 is 19.2 Å². The van der Waals surface area contributed by atoms with Gasteiger partial charge in [-0.1, -0.05) is 24.4 Å². The predicted molar refractivity (Wildman–Crippen MR) is 152 cm³/mol. The lowest BCUT2D eigenvalue weighted by molar-refractivity contribution is -0.149.